The summed E-state index contributed by atoms with van der Waals surface area (Å²) in [4.78, 5) is 4.35. The third-order valence-corrected chi connectivity index (χ3v) is 3.62. The molecular weight excluding hydrogens is 328 g/mol. The van der Waals surface area contributed by atoms with Gasteiger partial charge in [0.05, 0.1) is 11.4 Å². The molecule has 106 valence electrons. The molecule has 0 saturated carbocycles. The molecule has 0 aliphatic carbocycles. The summed E-state index contributed by atoms with van der Waals surface area (Å²) >= 11 is 3.39. The molecule has 21 heavy (non-hydrogen) atoms. The number of pyridine rings is 1. The van der Waals surface area contributed by atoms with Gasteiger partial charge in [-0.25, -0.2) is 4.68 Å². The molecule has 0 aliphatic heterocycles. The van der Waals surface area contributed by atoms with Crippen molar-refractivity contribution in [3.63, 3.8) is 0 Å². The highest BCUT2D eigenvalue weighted by Gasteiger charge is 2.04. The van der Waals surface area contributed by atoms with Gasteiger partial charge >= 0.3 is 0 Å². The van der Waals surface area contributed by atoms with Crippen LogP contribution in [0.4, 0.5) is 0 Å². The van der Waals surface area contributed by atoms with E-state index < -0.39 is 0 Å². The third-order valence-electron chi connectivity index (χ3n) is 3.15. The molecule has 1 aromatic carbocycles. The van der Waals surface area contributed by atoms with Crippen molar-refractivity contribution >= 4 is 15.9 Å². The zero-order chi connectivity index (χ0) is 14.5. The molecule has 3 rings (SSSR count). The fourth-order valence-corrected chi connectivity index (χ4v) is 2.37. The third kappa shape index (κ3) is 3.56. The normalized spacial score (nSPS) is 10.7. The Kier molecular flexibility index (Phi) is 4.43. The number of hydrogen-bond donors (Lipinski definition) is 1. The molecule has 4 nitrogen and oxygen atoms in total. The van der Waals surface area contributed by atoms with Gasteiger partial charge in [0.2, 0.25) is 0 Å². The van der Waals surface area contributed by atoms with E-state index in [2.05, 4.69) is 43.5 Å². The van der Waals surface area contributed by atoms with E-state index in [9.17, 15) is 0 Å². The van der Waals surface area contributed by atoms with E-state index in [1.165, 1.54) is 5.56 Å². The SMILES string of the molecule is Brc1ccc(CNCc2ccccc2-n2cccn2)nc1. The molecular formula is C16H15BrN4. The maximum Gasteiger partial charge on any atom is 0.0690 e. The van der Waals surface area contributed by atoms with Crippen LogP contribution in [0.5, 0.6) is 0 Å². The largest absolute Gasteiger partial charge is 0.307 e. The Labute approximate surface area is 132 Å². The van der Waals surface area contributed by atoms with E-state index in [0.717, 1.165) is 28.9 Å². The van der Waals surface area contributed by atoms with Crippen molar-refractivity contribution in [2.75, 3.05) is 0 Å². The molecule has 0 fully saturated rings. The number of nitrogens with one attached hydrogen (secondary N) is 1. The highest BCUT2D eigenvalue weighted by Crippen LogP contribution is 2.13. The van der Waals surface area contributed by atoms with E-state index >= 15 is 0 Å². The Hall–Kier alpha value is -1.98. The number of aromatic nitrogens is 3. The van der Waals surface area contributed by atoms with Crippen molar-refractivity contribution < 1.29 is 0 Å². The number of rotatable bonds is 5. The van der Waals surface area contributed by atoms with E-state index in [4.69, 9.17) is 0 Å². The minimum Gasteiger partial charge on any atom is -0.307 e. The topological polar surface area (TPSA) is 42.7 Å². The van der Waals surface area contributed by atoms with Gasteiger partial charge in [0, 0.05) is 36.2 Å². The second-order valence-corrected chi connectivity index (χ2v) is 5.57. The van der Waals surface area contributed by atoms with Crippen molar-refractivity contribution in [2.24, 2.45) is 0 Å². The second kappa shape index (κ2) is 6.65. The quantitative estimate of drug-likeness (QED) is 0.773. The molecule has 0 atom stereocenters. The molecule has 5 heteroatoms. The monoisotopic (exact) mass is 342 g/mol. The first-order chi connectivity index (χ1) is 10.3. The summed E-state index contributed by atoms with van der Waals surface area (Å²) in [5.74, 6) is 0. The molecule has 0 spiro atoms. The van der Waals surface area contributed by atoms with E-state index in [0.29, 0.717) is 0 Å². The Bertz CT molecular complexity index is 693. The molecule has 0 aliphatic rings. The van der Waals surface area contributed by atoms with Gasteiger partial charge in [-0.3, -0.25) is 4.98 Å². The van der Waals surface area contributed by atoms with Gasteiger partial charge in [-0.05, 0) is 45.8 Å². The van der Waals surface area contributed by atoms with Crippen molar-refractivity contribution in [2.45, 2.75) is 13.1 Å². The van der Waals surface area contributed by atoms with E-state index in [1.807, 2.05) is 47.4 Å². The molecule has 2 aromatic heterocycles. The molecule has 0 saturated heterocycles. The lowest BCUT2D eigenvalue weighted by Crippen LogP contribution is -2.15. The molecule has 3 aromatic rings. The molecule has 0 unspecified atom stereocenters. The van der Waals surface area contributed by atoms with Gasteiger partial charge < -0.3 is 5.32 Å². The maximum absolute atomic E-state index is 4.35. The predicted molar refractivity (Wildman–Crippen MR) is 86.0 cm³/mol. The summed E-state index contributed by atoms with van der Waals surface area (Å²) in [5.41, 5.74) is 3.33. The van der Waals surface area contributed by atoms with Crippen LogP contribution < -0.4 is 5.32 Å². The van der Waals surface area contributed by atoms with Crippen molar-refractivity contribution in [3.8, 4) is 5.69 Å². The number of para-hydroxylation sites is 1. The highest BCUT2D eigenvalue weighted by atomic mass is 79.9. The standard InChI is InChI=1S/C16H15BrN4/c17-14-6-7-15(19-11-14)12-18-10-13-4-1-2-5-16(13)21-9-3-8-20-21/h1-9,11,18H,10,12H2. The first-order valence-corrected chi connectivity index (χ1v) is 7.51. The molecule has 2 heterocycles. The van der Waals surface area contributed by atoms with Crippen LogP contribution in [-0.2, 0) is 13.1 Å². The van der Waals surface area contributed by atoms with Gasteiger partial charge in [0.15, 0.2) is 0 Å². The van der Waals surface area contributed by atoms with Gasteiger partial charge in [-0.1, -0.05) is 18.2 Å². The van der Waals surface area contributed by atoms with Crippen LogP contribution in [0.25, 0.3) is 5.69 Å². The van der Waals surface area contributed by atoms with Crippen LogP contribution >= 0.6 is 15.9 Å². The summed E-state index contributed by atoms with van der Waals surface area (Å²) in [6, 6.07) is 14.2. The summed E-state index contributed by atoms with van der Waals surface area (Å²) in [6.07, 6.45) is 5.56. The summed E-state index contributed by atoms with van der Waals surface area (Å²) in [6.45, 7) is 1.51. The minimum absolute atomic E-state index is 0.737. The van der Waals surface area contributed by atoms with Crippen LogP contribution in [0.1, 0.15) is 11.3 Å². The Balaban J connectivity index is 1.67. The average Bonchev–Trinajstić information content (AvgIpc) is 3.04. The van der Waals surface area contributed by atoms with Crippen molar-refractivity contribution in [1.29, 1.82) is 0 Å². The highest BCUT2D eigenvalue weighted by molar-refractivity contribution is 9.10. The van der Waals surface area contributed by atoms with Gasteiger partial charge in [0.1, 0.15) is 0 Å². The van der Waals surface area contributed by atoms with Crippen LogP contribution in [0.3, 0.4) is 0 Å². The predicted octanol–water partition coefficient (Wildman–Crippen LogP) is 3.32. The van der Waals surface area contributed by atoms with Gasteiger partial charge in [-0.15, -0.1) is 0 Å². The Morgan fingerprint density at radius 3 is 2.71 bits per heavy atom. The van der Waals surface area contributed by atoms with Gasteiger partial charge in [-0.2, -0.15) is 5.10 Å². The van der Waals surface area contributed by atoms with Gasteiger partial charge in [0.25, 0.3) is 0 Å². The van der Waals surface area contributed by atoms with Crippen LogP contribution in [0.2, 0.25) is 0 Å². The number of benzene rings is 1. The van der Waals surface area contributed by atoms with Crippen molar-refractivity contribution in [1.82, 2.24) is 20.1 Å². The molecule has 0 amide bonds. The molecule has 0 radical (unpaired) electrons. The van der Waals surface area contributed by atoms with Crippen LogP contribution in [0, 0.1) is 0 Å². The molecule has 0 bridgehead atoms. The first kappa shape index (κ1) is 14.0. The van der Waals surface area contributed by atoms with Crippen LogP contribution in [0.15, 0.2) is 65.5 Å². The van der Waals surface area contributed by atoms with E-state index in [1.54, 1.807) is 6.20 Å². The lowest BCUT2D eigenvalue weighted by atomic mass is 10.1. The maximum atomic E-state index is 4.35. The number of nitrogens with zero attached hydrogens (tertiary/aromatic N) is 3. The smallest absolute Gasteiger partial charge is 0.0690 e. The summed E-state index contributed by atoms with van der Waals surface area (Å²) in [5, 5.41) is 7.72. The second-order valence-electron chi connectivity index (χ2n) is 4.65. The summed E-state index contributed by atoms with van der Waals surface area (Å²) in [7, 11) is 0. The number of hydrogen-bond acceptors (Lipinski definition) is 3. The van der Waals surface area contributed by atoms with Crippen LogP contribution in [-0.4, -0.2) is 14.8 Å². The minimum atomic E-state index is 0.737. The fraction of sp³-hybridized carbons (Fsp3) is 0.125. The molecule has 1 N–H and O–H groups in total. The average molecular weight is 343 g/mol. The Morgan fingerprint density at radius 2 is 1.95 bits per heavy atom. The lowest BCUT2D eigenvalue weighted by molar-refractivity contribution is 0.673. The first-order valence-electron chi connectivity index (χ1n) is 6.72. The fourth-order valence-electron chi connectivity index (χ4n) is 2.13. The summed E-state index contributed by atoms with van der Waals surface area (Å²) < 4.78 is 2.88. The number of halogens is 1. The Morgan fingerprint density at radius 1 is 1.05 bits per heavy atom. The zero-order valence-electron chi connectivity index (χ0n) is 11.4. The van der Waals surface area contributed by atoms with E-state index in [-0.39, 0.29) is 0 Å². The van der Waals surface area contributed by atoms with Crippen molar-refractivity contribution in [3.05, 3.63) is 76.8 Å². The lowest BCUT2D eigenvalue weighted by Gasteiger charge is -2.10. The zero-order valence-corrected chi connectivity index (χ0v) is 13.0.